The Kier molecular flexibility index (Phi) is 6.42. The highest BCUT2D eigenvalue weighted by molar-refractivity contribution is 5.96. The molecule has 0 aliphatic carbocycles. The smallest absolute Gasteiger partial charge is 0.267 e. The van der Waals surface area contributed by atoms with E-state index in [1.165, 1.54) is 4.90 Å². The Morgan fingerprint density at radius 1 is 1.10 bits per heavy atom. The average molecular weight is 424 g/mol. The number of benzene rings is 2. The van der Waals surface area contributed by atoms with Crippen LogP contribution in [0.3, 0.4) is 0 Å². The molecule has 2 amide bonds. The number of rotatable bonds is 6. The van der Waals surface area contributed by atoms with Gasteiger partial charge in [-0.15, -0.1) is 0 Å². The second-order valence-corrected chi connectivity index (χ2v) is 8.01. The summed E-state index contributed by atoms with van der Waals surface area (Å²) < 4.78 is 17.3. The molecule has 2 aromatic rings. The van der Waals surface area contributed by atoms with Gasteiger partial charge in [-0.2, -0.15) is 0 Å². The van der Waals surface area contributed by atoms with E-state index in [-0.39, 0.29) is 31.1 Å². The molecule has 0 aromatic heterocycles. The fourth-order valence-electron chi connectivity index (χ4n) is 3.86. The summed E-state index contributed by atoms with van der Waals surface area (Å²) in [6, 6.07) is 13.0. The Labute approximate surface area is 182 Å². The number of carbonyl (C=O) groups excluding carboxylic acids is 2. The third-order valence-corrected chi connectivity index (χ3v) is 5.76. The summed E-state index contributed by atoms with van der Waals surface area (Å²) in [5, 5.41) is 2.93. The highest BCUT2D eigenvalue weighted by Gasteiger charge is 2.34. The molecule has 1 saturated heterocycles. The molecule has 0 unspecified atom stereocenters. The zero-order valence-electron chi connectivity index (χ0n) is 17.9. The number of amides is 2. The number of ether oxygens (including phenoxy) is 3. The first-order chi connectivity index (χ1) is 15.0. The Hall–Kier alpha value is -3.06. The van der Waals surface area contributed by atoms with Crippen LogP contribution in [0.4, 0.5) is 5.69 Å². The molecule has 7 nitrogen and oxygen atoms in total. The van der Waals surface area contributed by atoms with Gasteiger partial charge in [0.2, 0.25) is 12.0 Å². The Balaban J connectivity index is 1.46. The number of hydrogen-bond donors (Lipinski definition) is 1. The van der Waals surface area contributed by atoms with E-state index in [0.717, 1.165) is 29.7 Å². The van der Waals surface area contributed by atoms with Crippen molar-refractivity contribution < 1.29 is 23.8 Å². The molecule has 0 spiro atoms. The number of para-hydroxylation sites is 2. The lowest BCUT2D eigenvalue weighted by Crippen LogP contribution is -2.50. The first-order valence-corrected chi connectivity index (χ1v) is 10.7. The Morgan fingerprint density at radius 3 is 2.68 bits per heavy atom. The maximum atomic E-state index is 13.3. The molecule has 1 fully saturated rings. The number of anilines is 1. The molecule has 2 aromatic carbocycles. The molecular formula is C24H28N2O5. The molecule has 2 atom stereocenters. The van der Waals surface area contributed by atoms with Crippen LogP contribution in [-0.4, -0.2) is 55.2 Å². The number of carbonyl (C=O) groups is 2. The summed E-state index contributed by atoms with van der Waals surface area (Å²) >= 11 is 0. The van der Waals surface area contributed by atoms with Gasteiger partial charge >= 0.3 is 0 Å². The lowest BCUT2D eigenvalue weighted by Gasteiger charge is -2.31. The van der Waals surface area contributed by atoms with Crippen LogP contribution in [0.1, 0.15) is 24.0 Å². The predicted molar refractivity (Wildman–Crippen MR) is 116 cm³/mol. The number of hydrogen-bond acceptors (Lipinski definition) is 5. The molecule has 0 saturated carbocycles. The van der Waals surface area contributed by atoms with Gasteiger partial charge in [-0.1, -0.05) is 24.3 Å². The standard InChI is InChI=1S/C24H28N2O5/c1-16-7-5-9-19(17(16)2)25-23(27)14-26(13-18-8-6-12-29-18)24(28)22-15-30-20-10-3-4-11-21(20)31-22/h3-5,7,9-11,18,22H,6,8,12-15H2,1-2H3,(H,25,27)/t18-,22+/m0/s1. The van der Waals surface area contributed by atoms with Gasteiger partial charge < -0.3 is 24.4 Å². The normalized spacial score (nSPS) is 19.7. The lowest BCUT2D eigenvalue weighted by atomic mass is 10.1. The zero-order valence-corrected chi connectivity index (χ0v) is 17.9. The van der Waals surface area contributed by atoms with E-state index >= 15 is 0 Å². The largest absolute Gasteiger partial charge is 0.485 e. The summed E-state index contributed by atoms with van der Waals surface area (Å²) in [5.74, 6) is 0.618. The molecule has 0 bridgehead atoms. The molecule has 164 valence electrons. The molecule has 0 radical (unpaired) electrons. The van der Waals surface area contributed by atoms with Crippen LogP contribution >= 0.6 is 0 Å². The van der Waals surface area contributed by atoms with Crippen molar-refractivity contribution in [3.8, 4) is 11.5 Å². The monoisotopic (exact) mass is 424 g/mol. The van der Waals surface area contributed by atoms with Gasteiger partial charge in [0.15, 0.2) is 11.5 Å². The molecule has 1 N–H and O–H groups in total. The highest BCUT2D eigenvalue weighted by Crippen LogP contribution is 2.31. The van der Waals surface area contributed by atoms with Crippen molar-refractivity contribution in [3.63, 3.8) is 0 Å². The molecule has 2 aliphatic rings. The number of nitrogens with one attached hydrogen (secondary N) is 1. The van der Waals surface area contributed by atoms with Crippen LogP contribution in [0.25, 0.3) is 0 Å². The van der Waals surface area contributed by atoms with Crippen molar-refractivity contribution in [2.75, 3.05) is 31.6 Å². The minimum absolute atomic E-state index is 0.0748. The van der Waals surface area contributed by atoms with Crippen molar-refractivity contribution in [1.29, 1.82) is 0 Å². The lowest BCUT2D eigenvalue weighted by molar-refractivity contribution is -0.145. The molecule has 7 heteroatoms. The second-order valence-electron chi connectivity index (χ2n) is 8.01. The third-order valence-electron chi connectivity index (χ3n) is 5.76. The molecule has 2 heterocycles. The summed E-state index contributed by atoms with van der Waals surface area (Å²) in [7, 11) is 0. The van der Waals surface area contributed by atoms with Gasteiger partial charge in [0.1, 0.15) is 13.2 Å². The number of aryl methyl sites for hydroxylation is 1. The average Bonchev–Trinajstić information content (AvgIpc) is 3.29. The summed E-state index contributed by atoms with van der Waals surface area (Å²) in [4.78, 5) is 27.6. The molecular weight excluding hydrogens is 396 g/mol. The predicted octanol–water partition coefficient (Wildman–Crippen LogP) is 3.09. The number of nitrogens with zero attached hydrogens (tertiary/aromatic N) is 1. The minimum atomic E-state index is -0.801. The fraction of sp³-hybridized carbons (Fsp3) is 0.417. The van der Waals surface area contributed by atoms with Gasteiger partial charge in [0, 0.05) is 18.8 Å². The van der Waals surface area contributed by atoms with Crippen LogP contribution in [0.2, 0.25) is 0 Å². The SMILES string of the molecule is Cc1cccc(NC(=O)CN(C[C@@H]2CCCO2)C(=O)[C@H]2COc3ccccc3O2)c1C. The Bertz CT molecular complexity index is 955. The van der Waals surface area contributed by atoms with Crippen molar-refractivity contribution in [3.05, 3.63) is 53.6 Å². The van der Waals surface area contributed by atoms with E-state index < -0.39 is 6.10 Å². The topological polar surface area (TPSA) is 77.1 Å². The van der Waals surface area contributed by atoms with Gasteiger partial charge in [0.25, 0.3) is 5.91 Å². The summed E-state index contributed by atoms with van der Waals surface area (Å²) in [6.07, 6.45) is 0.949. The van der Waals surface area contributed by atoms with Crippen LogP contribution in [0.5, 0.6) is 11.5 Å². The van der Waals surface area contributed by atoms with Gasteiger partial charge in [-0.25, -0.2) is 0 Å². The van der Waals surface area contributed by atoms with E-state index in [4.69, 9.17) is 14.2 Å². The first kappa shape index (κ1) is 21.2. The zero-order chi connectivity index (χ0) is 21.8. The van der Waals surface area contributed by atoms with Crippen molar-refractivity contribution in [2.45, 2.75) is 38.9 Å². The van der Waals surface area contributed by atoms with E-state index in [9.17, 15) is 9.59 Å². The maximum Gasteiger partial charge on any atom is 0.267 e. The van der Waals surface area contributed by atoms with Crippen molar-refractivity contribution in [2.24, 2.45) is 0 Å². The molecule has 2 aliphatic heterocycles. The van der Waals surface area contributed by atoms with Gasteiger partial charge in [-0.05, 0) is 56.0 Å². The Morgan fingerprint density at radius 2 is 1.90 bits per heavy atom. The highest BCUT2D eigenvalue weighted by atomic mass is 16.6. The van der Waals surface area contributed by atoms with Crippen LogP contribution in [-0.2, 0) is 14.3 Å². The van der Waals surface area contributed by atoms with Crippen LogP contribution in [0.15, 0.2) is 42.5 Å². The maximum absolute atomic E-state index is 13.3. The van der Waals surface area contributed by atoms with E-state index in [1.54, 1.807) is 12.1 Å². The van der Waals surface area contributed by atoms with E-state index in [0.29, 0.717) is 24.7 Å². The first-order valence-electron chi connectivity index (χ1n) is 10.7. The third kappa shape index (κ3) is 4.99. The fourth-order valence-corrected chi connectivity index (χ4v) is 3.86. The molecule has 4 rings (SSSR count). The van der Waals surface area contributed by atoms with Crippen molar-refractivity contribution in [1.82, 2.24) is 4.90 Å². The van der Waals surface area contributed by atoms with Gasteiger partial charge in [0.05, 0.1) is 6.10 Å². The summed E-state index contributed by atoms with van der Waals surface area (Å²) in [5.41, 5.74) is 2.85. The van der Waals surface area contributed by atoms with Crippen molar-refractivity contribution >= 4 is 17.5 Å². The second kappa shape index (κ2) is 9.39. The summed E-state index contributed by atoms with van der Waals surface area (Å²) in [6.45, 7) is 5.02. The van der Waals surface area contributed by atoms with Crippen LogP contribution < -0.4 is 14.8 Å². The molecule has 31 heavy (non-hydrogen) atoms. The van der Waals surface area contributed by atoms with E-state index in [2.05, 4.69) is 5.32 Å². The van der Waals surface area contributed by atoms with Gasteiger partial charge in [-0.3, -0.25) is 9.59 Å². The quantitative estimate of drug-likeness (QED) is 0.771. The van der Waals surface area contributed by atoms with E-state index in [1.807, 2.05) is 44.2 Å². The van der Waals surface area contributed by atoms with Crippen LogP contribution in [0, 0.1) is 13.8 Å². The minimum Gasteiger partial charge on any atom is -0.485 e. The number of fused-ring (bicyclic) bond motifs is 1.